The van der Waals surface area contributed by atoms with Crippen LogP contribution in [0.5, 0.6) is 0 Å². The number of nitrogens with one attached hydrogen (secondary N) is 1. The number of carbonyl (C=O) groups excluding carboxylic acids is 1. The van der Waals surface area contributed by atoms with Gasteiger partial charge in [-0.3, -0.25) is 4.79 Å². The minimum Gasteiger partial charge on any atom is -0.394 e. The van der Waals surface area contributed by atoms with Gasteiger partial charge in [-0.25, -0.2) is 0 Å². The van der Waals surface area contributed by atoms with Gasteiger partial charge in [0.15, 0.2) is 6.29 Å². The molecule has 0 radical (unpaired) electrons. The van der Waals surface area contributed by atoms with Crippen LogP contribution in [0.3, 0.4) is 0 Å². The Labute approximate surface area is 224 Å². The predicted molar refractivity (Wildman–Crippen MR) is 143 cm³/mol. The minimum absolute atomic E-state index is 0.108. The number of aliphatic hydroxyl groups excluding tert-OH is 3. The first-order valence-electron chi connectivity index (χ1n) is 14.6. The first kappa shape index (κ1) is 34.2. The van der Waals surface area contributed by atoms with Gasteiger partial charge in [-0.1, -0.05) is 90.4 Å². The number of hydrogen-bond donors (Lipinski definition) is 4. The summed E-state index contributed by atoms with van der Waals surface area (Å²) in [5, 5.41) is 32.4. The molecule has 1 heterocycles. The van der Waals surface area contributed by atoms with E-state index in [2.05, 4.69) is 12.2 Å². The Morgan fingerprint density at radius 2 is 1.41 bits per heavy atom. The van der Waals surface area contributed by atoms with Crippen LogP contribution in [0.4, 0.5) is 0 Å². The van der Waals surface area contributed by atoms with E-state index in [1.807, 2.05) is 0 Å². The number of ether oxygens (including phenoxy) is 4. The van der Waals surface area contributed by atoms with Crippen LogP contribution in [0.25, 0.3) is 0 Å². The molecule has 1 saturated heterocycles. The molecule has 9 nitrogen and oxygen atoms in total. The predicted octanol–water partition coefficient (Wildman–Crippen LogP) is 3.46. The third-order valence-electron chi connectivity index (χ3n) is 6.98. The van der Waals surface area contributed by atoms with Crippen molar-refractivity contribution in [2.24, 2.45) is 0 Å². The highest BCUT2D eigenvalue weighted by molar-refractivity contribution is 5.73. The molecule has 1 amide bonds. The first-order valence-corrected chi connectivity index (χ1v) is 14.6. The molecule has 220 valence electrons. The zero-order chi connectivity index (χ0) is 27.3. The fourth-order valence-electron chi connectivity index (χ4n) is 4.61. The maximum absolute atomic E-state index is 11.5. The fraction of sp³-hybridized carbons (Fsp3) is 0.964. The summed E-state index contributed by atoms with van der Waals surface area (Å²) in [4.78, 5) is 11.5. The highest BCUT2D eigenvalue weighted by Gasteiger charge is 2.45. The summed E-state index contributed by atoms with van der Waals surface area (Å²) in [6.07, 6.45) is 13.3. The smallest absolute Gasteiger partial charge is 0.217 e. The zero-order valence-corrected chi connectivity index (χ0v) is 23.6. The van der Waals surface area contributed by atoms with Crippen LogP contribution in [-0.4, -0.2) is 91.5 Å². The Morgan fingerprint density at radius 1 is 0.865 bits per heavy atom. The number of methoxy groups -OCH3 is 1. The van der Waals surface area contributed by atoms with Gasteiger partial charge >= 0.3 is 0 Å². The van der Waals surface area contributed by atoms with Crippen LogP contribution in [0.15, 0.2) is 0 Å². The molecule has 0 spiro atoms. The second-order valence-electron chi connectivity index (χ2n) is 10.3. The number of unbranched alkanes of at least 4 members (excludes halogenated alkanes) is 13. The average molecular weight is 534 g/mol. The van der Waals surface area contributed by atoms with Gasteiger partial charge in [0.25, 0.3) is 0 Å². The third kappa shape index (κ3) is 15.4. The Balaban J connectivity index is 2.11. The van der Waals surface area contributed by atoms with Gasteiger partial charge in [-0.15, -0.1) is 0 Å². The van der Waals surface area contributed by atoms with Gasteiger partial charge in [0, 0.05) is 20.6 Å². The molecule has 0 aromatic carbocycles. The molecule has 9 heteroatoms. The van der Waals surface area contributed by atoms with Crippen molar-refractivity contribution < 1.29 is 39.1 Å². The topological polar surface area (TPSA) is 127 Å². The van der Waals surface area contributed by atoms with Crippen LogP contribution in [0, 0.1) is 0 Å². The molecule has 4 N–H and O–H groups in total. The standard InChI is InChI=1S/C28H55NO8/c1-4-5-6-7-8-9-10-11-12-13-14-15-16-17-18-35-20-23(34-3)21-36-28-25(29-22(2)31)27(33)26(32)24(19-30)37-28/h23-28,30,32-33H,4-21H2,1-3H3,(H,29,31)/t23?,24-,25-,26-,27-,28-/m1/s1. The molecule has 1 rings (SSSR count). The van der Waals surface area contributed by atoms with E-state index in [9.17, 15) is 20.1 Å². The van der Waals surface area contributed by atoms with Crippen molar-refractivity contribution in [2.45, 2.75) is 140 Å². The second-order valence-corrected chi connectivity index (χ2v) is 10.3. The van der Waals surface area contributed by atoms with Gasteiger partial charge in [-0.05, 0) is 6.42 Å². The van der Waals surface area contributed by atoms with E-state index < -0.39 is 43.2 Å². The Hall–Kier alpha value is -0.810. The lowest BCUT2D eigenvalue weighted by molar-refractivity contribution is -0.275. The van der Waals surface area contributed by atoms with Crippen LogP contribution < -0.4 is 5.32 Å². The number of carbonyl (C=O) groups is 1. The second kappa shape index (κ2) is 22.1. The Morgan fingerprint density at radius 3 is 1.89 bits per heavy atom. The number of amides is 1. The monoisotopic (exact) mass is 533 g/mol. The summed E-state index contributed by atoms with van der Waals surface area (Å²) in [7, 11) is 1.56. The maximum atomic E-state index is 11.5. The van der Waals surface area contributed by atoms with E-state index in [-0.39, 0.29) is 12.7 Å². The van der Waals surface area contributed by atoms with Crippen LogP contribution in [-0.2, 0) is 23.7 Å². The largest absolute Gasteiger partial charge is 0.394 e. The van der Waals surface area contributed by atoms with Crippen LogP contribution in [0.1, 0.15) is 104 Å². The Kier molecular flexibility index (Phi) is 20.4. The highest BCUT2D eigenvalue weighted by Crippen LogP contribution is 2.22. The van der Waals surface area contributed by atoms with Gasteiger partial charge < -0.3 is 39.6 Å². The molecule has 6 atom stereocenters. The van der Waals surface area contributed by atoms with E-state index in [0.29, 0.717) is 13.2 Å². The molecule has 0 saturated carbocycles. The first-order chi connectivity index (χ1) is 17.9. The lowest BCUT2D eigenvalue weighted by atomic mass is 9.97. The molecule has 37 heavy (non-hydrogen) atoms. The Bertz CT molecular complexity index is 552. The van der Waals surface area contributed by atoms with Crippen molar-refractivity contribution >= 4 is 5.91 Å². The summed E-state index contributed by atoms with van der Waals surface area (Å²) < 4.78 is 22.5. The maximum Gasteiger partial charge on any atom is 0.217 e. The SMILES string of the molecule is CCCCCCCCCCCCCCCCOCC(CO[C@@H]1O[C@H](CO)[C@@H](O)[C@H](O)[C@H]1NC(C)=O)OC. The molecule has 0 aliphatic carbocycles. The lowest BCUT2D eigenvalue weighted by Crippen LogP contribution is -2.64. The van der Waals surface area contributed by atoms with Gasteiger partial charge in [0.2, 0.25) is 5.91 Å². The van der Waals surface area contributed by atoms with Crippen LogP contribution in [0.2, 0.25) is 0 Å². The molecular weight excluding hydrogens is 478 g/mol. The molecule has 1 aliphatic rings. The lowest BCUT2D eigenvalue weighted by Gasteiger charge is -2.42. The molecule has 1 fully saturated rings. The van der Waals surface area contributed by atoms with Gasteiger partial charge in [0.05, 0.1) is 19.8 Å². The molecule has 1 unspecified atom stereocenters. The van der Waals surface area contributed by atoms with E-state index >= 15 is 0 Å². The average Bonchev–Trinajstić information content (AvgIpc) is 2.89. The molecule has 0 bridgehead atoms. The van der Waals surface area contributed by atoms with Gasteiger partial charge in [0.1, 0.15) is 30.5 Å². The van der Waals surface area contributed by atoms with E-state index in [4.69, 9.17) is 18.9 Å². The molecule has 0 aromatic rings. The number of aliphatic hydroxyl groups is 3. The summed E-state index contributed by atoms with van der Waals surface area (Å²) in [5.74, 6) is -0.393. The van der Waals surface area contributed by atoms with Crippen molar-refractivity contribution in [3.05, 3.63) is 0 Å². The number of hydrogen-bond acceptors (Lipinski definition) is 8. The third-order valence-corrected chi connectivity index (χ3v) is 6.98. The van der Waals surface area contributed by atoms with Crippen molar-refractivity contribution in [3.63, 3.8) is 0 Å². The van der Waals surface area contributed by atoms with Crippen molar-refractivity contribution in [1.29, 1.82) is 0 Å². The molecule has 1 aliphatic heterocycles. The minimum atomic E-state index is -1.34. The van der Waals surface area contributed by atoms with Crippen LogP contribution >= 0.6 is 0 Å². The fourth-order valence-corrected chi connectivity index (χ4v) is 4.61. The zero-order valence-electron chi connectivity index (χ0n) is 23.6. The normalized spacial score (nSPS) is 24.8. The summed E-state index contributed by atoms with van der Waals surface area (Å²) in [6.45, 7) is 4.19. The number of rotatable bonds is 23. The summed E-state index contributed by atoms with van der Waals surface area (Å²) in [5.41, 5.74) is 0. The highest BCUT2D eigenvalue weighted by atomic mass is 16.7. The van der Waals surface area contributed by atoms with Gasteiger partial charge in [-0.2, -0.15) is 0 Å². The molecular formula is C28H55NO8. The van der Waals surface area contributed by atoms with Crippen molar-refractivity contribution in [2.75, 3.05) is 33.5 Å². The summed E-state index contributed by atoms with van der Waals surface area (Å²) in [6, 6.07) is -0.968. The quantitative estimate of drug-likeness (QED) is 0.147. The summed E-state index contributed by atoms with van der Waals surface area (Å²) >= 11 is 0. The van der Waals surface area contributed by atoms with Crippen molar-refractivity contribution in [1.82, 2.24) is 5.32 Å². The van der Waals surface area contributed by atoms with E-state index in [1.54, 1.807) is 7.11 Å². The van der Waals surface area contributed by atoms with Crippen molar-refractivity contribution in [3.8, 4) is 0 Å². The molecule has 0 aromatic heterocycles. The van der Waals surface area contributed by atoms with E-state index in [0.717, 1.165) is 12.8 Å². The van der Waals surface area contributed by atoms with E-state index in [1.165, 1.54) is 84.0 Å².